The fourth-order valence-corrected chi connectivity index (χ4v) is 2.95. The maximum absolute atomic E-state index is 9.96. The summed E-state index contributed by atoms with van der Waals surface area (Å²) in [6, 6.07) is 9.27. The van der Waals surface area contributed by atoms with Crippen LogP contribution in [0.3, 0.4) is 0 Å². The molecule has 2 aromatic rings. The Balaban J connectivity index is 1.85. The molecule has 6 nitrogen and oxygen atoms in total. The van der Waals surface area contributed by atoms with Gasteiger partial charge in [-0.25, -0.2) is 0 Å². The fraction of sp³-hybridized carbons (Fsp3) is 0.478. The second-order valence-corrected chi connectivity index (χ2v) is 7.32. The highest BCUT2D eigenvalue weighted by molar-refractivity contribution is 5.51. The van der Waals surface area contributed by atoms with Crippen molar-refractivity contribution in [1.82, 2.24) is 4.90 Å². The summed E-state index contributed by atoms with van der Waals surface area (Å²) < 4.78 is 22.6. The maximum Gasteiger partial charge on any atom is 0.203 e. The molecule has 0 amide bonds. The molecule has 1 N–H and O–H groups in total. The van der Waals surface area contributed by atoms with E-state index in [1.54, 1.807) is 20.3 Å². The third kappa shape index (κ3) is 6.19. The van der Waals surface area contributed by atoms with E-state index in [-0.39, 0.29) is 5.92 Å². The molecule has 2 rings (SSSR count). The van der Waals surface area contributed by atoms with E-state index in [0.717, 1.165) is 30.0 Å². The highest BCUT2D eigenvalue weighted by Crippen LogP contribution is 2.36. The third-order valence-electron chi connectivity index (χ3n) is 4.78. The molecule has 2 aromatic carbocycles. The number of nitrogens with zero attached hydrogens (tertiary/aromatic N) is 1. The average Bonchev–Trinajstić information content (AvgIpc) is 2.70. The van der Waals surface area contributed by atoms with Crippen LogP contribution >= 0.6 is 0 Å². The predicted octanol–water partition coefficient (Wildman–Crippen LogP) is 4.23. The number of para-hydroxylation sites is 1. The molecule has 0 unspecified atom stereocenters. The minimum Gasteiger partial charge on any atom is -0.508 e. The minimum absolute atomic E-state index is 0.276. The van der Waals surface area contributed by atoms with Crippen molar-refractivity contribution in [2.75, 3.05) is 47.6 Å². The van der Waals surface area contributed by atoms with Crippen LogP contribution in [-0.4, -0.2) is 57.6 Å². The standard InChI is InChI=1S/C23H33NO5/c1-16(2)18-15-19(25)17(3)14-22(18)28-12-10-24(4)11-13-29-23-20(26-5)8-7-9-21(23)27-6/h7-9,14-16,25H,10-13H2,1-6H3. The molecule has 0 saturated carbocycles. The molecule has 0 atom stereocenters. The Bertz CT molecular complexity index is 769. The number of rotatable bonds is 11. The Labute approximate surface area is 174 Å². The number of phenolic OH excluding ortho intramolecular Hbond substituents is 1. The predicted molar refractivity (Wildman–Crippen MR) is 115 cm³/mol. The van der Waals surface area contributed by atoms with E-state index in [9.17, 15) is 5.11 Å². The second-order valence-electron chi connectivity index (χ2n) is 7.32. The Morgan fingerprint density at radius 2 is 1.52 bits per heavy atom. The summed E-state index contributed by atoms with van der Waals surface area (Å²) in [7, 11) is 5.25. The molecule has 0 fully saturated rings. The number of methoxy groups -OCH3 is 2. The van der Waals surface area contributed by atoms with E-state index in [1.165, 1.54) is 0 Å². The lowest BCUT2D eigenvalue weighted by Crippen LogP contribution is -2.28. The van der Waals surface area contributed by atoms with Crippen LogP contribution in [0.4, 0.5) is 0 Å². The second kappa shape index (κ2) is 10.8. The molecule has 0 radical (unpaired) electrons. The summed E-state index contributed by atoms with van der Waals surface area (Å²) in [5.41, 5.74) is 1.83. The van der Waals surface area contributed by atoms with E-state index < -0.39 is 0 Å². The van der Waals surface area contributed by atoms with Gasteiger partial charge in [0, 0.05) is 18.7 Å². The molecule has 29 heavy (non-hydrogen) atoms. The molecule has 0 aromatic heterocycles. The van der Waals surface area contributed by atoms with E-state index >= 15 is 0 Å². The smallest absolute Gasteiger partial charge is 0.203 e. The first-order chi connectivity index (χ1) is 13.9. The largest absolute Gasteiger partial charge is 0.508 e. The number of benzene rings is 2. The molecule has 0 spiro atoms. The first-order valence-electron chi connectivity index (χ1n) is 9.86. The maximum atomic E-state index is 9.96. The van der Waals surface area contributed by atoms with Gasteiger partial charge in [-0.3, -0.25) is 4.90 Å². The van der Waals surface area contributed by atoms with Crippen LogP contribution in [0.2, 0.25) is 0 Å². The van der Waals surface area contributed by atoms with Crippen molar-refractivity contribution in [2.45, 2.75) is 26.7 Å². The van der Waals surface area contributed by atoms with Gasteiger partial charge in [-0.1, -0.05) is 19.9 Å². The zero-order valence-corrected chi connectivity index (χ0v) is 18.3. The monoisotopic (exact) mass is 403 g/mol. The Hall–Kier alpha value is -2.60. The number of ether oxygens (including phenoxy) is 4. The molecule has 0 aliphatic carbocycles. The van der Waals surface area contributed by atoms with Crippen molar-refractivity contribution < 1.29 is 24.1 Å². The van der Waals surface area contributed by atoms with Crippen LogP contribution in [0.1, 0.15) is 30.9 Å². The molecule has 0 aliphatic heterocycles. The molecule has 0 aliphatic rings. The van der Waals surface area contributed by atoms with E-state index in [0.29, 0.717) is 36.2 Å². The van der Waals surface area contributed by atoms with E-state index in [4.69, 9.17) is 18.9 Å². The quantitative estimate of drug-likeness (QED) is 0.606. The molecular formula is C23H33NO5. The molecule has 0 saturated heterocycles. The number of phenols is 1. The summed E-state index contributed by atoms with van der Waals surface area (Å²) in [5, 5.41) is 9.96. The van der Waals surface area contributed by atoms with Crippen LogP contribution in [0, 0.1) is 6.92 Å². The van der Waals surface area contributed by atoms with Gasteiger partial charge in [0.15, 0.2) is 11.5 Å². The van der Waals surface area contributed by atoms with Gasteiger partial charge in [0.05, 0.1) is 14.2 Å². The van der Waals surface area contributed by atoms with Crippen LogP contribution < -0.4 is 18.9 Å². The van der Waals surface area contributed by atoms with Crippen molar-refractivity contribution >= 4 is 0 Å². The number of hydrogen-bond acceptors (Lipinski definition) is 6. The van der Waals surface area contributed by atoms with Gasteiger partial charge < -0.3 is 24.1 Å². The lowest BCUT2D eigenvalue weighted by Gasteiger charge is -2.20. The normalized spacial score (nSPS) is 11.0. The summed E-state index contributed by atoms with van der Waals surface area (Å²) in [6.45, 7) is 8.60. The summed E-state index contributed by atoms with van der Waals surface area (Å²) >= 11 is 0. The molecule has 0 heterocycles. The number of aromatic hydroxyl groups is 1. The van der Waals surface area contributed by atoms with Gasteiger partial charge in [0.2, 0.25) is 5.75 Å². The summed E-state index contributed by atoms with van der Waals surface area (Å²) in [5.74, 6) is 3.33. The van der Waals surface area contributed by atoms with Gasteiger partial charge in [-0.15, -0.1) is 0 Å². The van der Waals surface area contributed by atoms with Crippen molar-refractivity contribution in [1.29, 1.82) is 0 Å². The zero-order chi connectivity index (χ0) is 21.4. The lowest BCUT2D eigenvalue weighted by molar-refractivity contribution is 0.194. The Morgan fingerprint density at radius 3 is 2.07 bits per heavy atom. The van der Waals surface area contributed by atoms with Crippen LogP contribution in [0.25, 0.3) is 0 Å². The van der Waals surface area contributed by atoms with Crippen molar-refractivity contribution in [2.24, 2.45) is 0 Å². The summed E-state index contributed by atoms with van der Waals surface area (Å²) in [6.07, 6.45) is 0. The van der Waals surface area contributed by atoms with E-state index in [1.807, 2.05) is 38.2 Å². The molecule has 6 heteroatoms. The van der Waals surface area contributed by atoms with Crippen LogP contribution in [-0.2, 0) is 0 Å². The summed E-state index contributed by atoms with van der Waals surface area (Å²) in [4.78, 5) is 2.14. The van der Waals surface area contributed by atoms with Crippen LogP contribution in [0.5, 0.6) is 28.7 Å². The van der Waals surface area contributed by atoms with Gasteiger partial charge in [0.1, 0.15) is 24.7 Å². The first kappa shape index (κ1) is 22.7. The highest BCUT2D eigenvalue weighted by atomic mass is 16.5. The van der Waals surface area contributed by atoms with Gasteiger partial charge in [-0.05, 0) is 49.7 Å². The fourth-order valence-electron chi connectivity index (χ4n) is 2.95. The van der Waals surface area contributed by atoms with Gasteiger partial charge in [-0.2, -0.15) is 0 Å². The lowest BCUT2D eigenvalue weighted by atomic mass is 10.00. The molecular weight excluding hydrogens is 370 g/mol. The van der Waals surface area contributed by atoms with Crippen molar-refractivity contribution in [3.8, 4) is 28.7 Å². The molecule has 0 bridgehead atoms. The van der Waals surface area contributed by atoms with E-state index in [2.05, 4.69) is 18.7 Å². The van der Waals surface area contributed by atoms with Gasteiger partial charge >= 0.3 is 0 Å². The van der Waals surface area contributed by atoms with Crippen molar-refractivity contribution in [3.63, 3.8) is 0 Å². The number of likely N-dealkylation sites (N-methyl/N-ethyl adjacent to an activating group) is 1. The van der Waals surface area contributed by atoms with Crippen LogP contribution in [0.15, 0.2) is 30.3 Å². The van der Waals surface area contributed by atoms with Crippen molar-refractivity contribution in [3.05, 3.63) is 41.5 Å². The average molecular weight is 404 g/mol. The van der Waals surface area contributed by atoms with Gasteiger partial charge in [0.25, 0.3) is 0 Å². The SMILES string of the molecule is COc1cccc(OC)c1OCCN(C)CCOc1cc(C)c(O)cc1C(C)C. The minimum atomic E-state index is 0.276. The Morgan fingerprint density at radius 1 is 0.931 bits per heavy atom. The molecule has 160 valence electrons. The third-order valence-corrected chi connectivity index (χ3v) is 4.78. The zero-order valence-electron chi connectivity index (χ0n) is 18.3. The highest BCUT2D eigenvalue weighted by Gasteiger charge is 2.13. The number of hydrogen-bond donors (Lipinski definition) is 1. The topological polar surface area (TPSA) is 60.4 Å². The Kier molecular flexibility index (Phi) is 8.46. The number of aryl methyl sites for hydroxylation is 1. The first-order valence-corrected chi connectivity index (χ1v) is 9.86.